The van der Waals surface area contributed by atoms with Gasteiger partial charge in [0.15, 0.2) is 0 Å². The molecule has 104 valence electrons. The second-order valence-corrected chi connectivity index (χ2v) is 6.89. The molecule has 0 radical (unpaired) electrons. The Morgan fingerprint density at radius 2 is 1.80 bits per heavy atom. The smallest absolute Gasteiger partial charge is 0.0541 e. The molecule has 3 rings (SSSR count). The quantitative estimate of drug-likeness (QED) is 0.804. The highest BCUT2D eigenvalue weighted by molar-refractivity contribution is 8.00. The maximum Gasteiger partial charge on any atom is 0.0541 e. The second-order valence-electron chi connectivity index (χ2n) is 5.20. The molecular formula is C17H18ClNS. The second kappa shape index (κ2) is 6.21. The van der Waals surface area contributed by atoms with Crippen LogP contribution in [0.3, 0.4) is 0 Å². The lowest BCUT2D eigenvalue weighted by molar-refractivity contribution is 0.632. The lowest BCUT2D eigenvalue weighted by Gasteiger charge is -2.23. The van der Waals surface area contributed by atoms with Crippen LogP contribution in [0.1, 0.15) is 30.0 Å². The molecule has 2 N–H and O–H groups in total. The standard InChI is InChI=1S/C17H18ClNS/c18-14-9-3-4-10-15(14)20-16-11-5-7-12-6-1-2-8-13(12)17(16)19/h1-4,6,8-10,16-17H,5,7,11,19H2. The van der Waals surface area contributed by atoms with Gasteiger partial charge < -0.3 is 5.73 Å². The van der Waals surface area contributed by atoms with Crippen LogP contribution < -0.4 is 5.73 Å². The number of thioether (sulfide) groups is 1. The molecule has 1 aliphatic carbocycles. The van der Waals surface area contributed by atoms with E-state index in [2.05, 4.69) is 30.3 Å². The number of halogens is 1. The van der Waals surface area contributed by atoms with Crippen LogP contribution in [0.5, 0.6) is 0 Å². The lowest BCUT2D eigenvalue weighted by Crippen LogP contribution is -2.23. The van der Waals surface area contributed by atoms with Gasteiger partial charge in [0.2, 0.25) is 0 Å². The third-order valence-corrected chi connectivity index (χ3v) is 5.75. The van der Waals surface area contributed by atoms with Crippen molar-refractivity contribution in [3.8, 4) is 0 Å². The molecule has 0 aliphatic heterocycles. The van der Waals surface area contributed by atoms with Crippen LogP contribution in [0.15, 0.2) is 53.4 Å². The summed E-state index contributed by atoms with van der Waals surface area (Å²) in [6.45, 7) is 0. The number of hydrogen-bond donors (Lipinski definition) is 1. The van der Waals surface area contributed by atoms with Crippen molar-refractivity contribution in [2.45, 2.75) is 35.4 Å². The van der Waals surface area contributed by atoms with Crippen LogP contribution in [0, 0.1) is 0 Å². The molecule has 0 saturated carbocycles. The van der Waals surface area contributed by atoms with Gasteiger partial charge in [0.1, 0.15) is 0 Å². The monoisotopic (exact) mass is 303 g/mol. The average molecular weight is 304 g/mol. The predicted octanol–water partition coefficient (Wildman–Crippen LogP) is 4.84. The Kier molecular flexibility index (Phi) is 4.35. The summed E-state index contributed by atoms with van der Waals surface area (Å²) < 4.78 is 0. The number of rotatable bonds is 2. The summed E-state index contributed by atoms with van der Waals surface area (Å²) in [5, 5.41) is 1.21. The van der Waals surface area contributed by atoms with Crippen molar-refractivity contribution in [1.29, 1.82) is 0 Å². The van der Waals surface area contributed by atoms with Crippen LogP contribution in [0.25, 0.3) is 0 Å². The van der Waals surface area contributed by atoms with E-state index in [1.165, 1.54) is 17.5 Å². The van der Waals surface area contributed by atoms with Gasteiger partial charge >= 0.3 is 0 Å². The molecule has 2 aromatic rings. The van der Waals surface area contributed by atoms with Crippen LogP contribution in [-0.4, -0.2) is 5.25 Å². The Labute approximate surface area is 129 Å². The predicted molar refractivity (Wildman–Crippen MR) is 87.4 cm³/mol. The Morgan fingerprint density at radius 3 is 2.65 bits per heavy atom. The summed E-state index contributed by atoms with van der Waals surface area (Å²) in [5.41, 5.74) is 9.23. The van der Waals surface area contributed by atoms with Gasteiger partial charge in [0, 0.05) is 16.2 Å². The van der Waals surface area contributed by atoms with Crippen molar-refractivity contribution in [2.75, 3.05) is 0 Å². The van der Waals surface area contributed by atoms with E-state index in [0.29, 0.717) is 5.25 Å². The van der Waals surface area contributed by atoms with E-state index in [-0.39, 0.29) is 6.04 Å². The van der Waals surface area contributed by atoms with Gasteiger partial charge in [-0.2, -0.15) is 0 Å². The third-order valence-electron chi connectivity index (χ3n) is 3.86. The normalized spacial score (nSPS) is 22.1. The summed E-state index contributed by atoms with van der Waals surface area (Å²) in [5.74, 6) is 0. The van der Waals surface area contributed by atoms with E-state index < -0.39 is 0 Å². The lowest BCUT2D eigenvalue weighted by atomic mass is 10.00. The van der Waals surface area contributed by atoms with Crippen molar-refractivity contribution < 1.29 is 0 Å². The number of fused-ring (bicyclic) bond motifs is 1. The van der Waals surface area contributed by atoms with Crippen molar-refractivity contribution in [2.24, 2.45) is 5.73 Å². The fourth-order valence-electron chi connectivity index (χ4n) is 2.80. The molecule has 0 saturated heterocycles. The van der Waals surface area contributed by atoms with E-state index in [1.807, 2.05) is 30.0 Å². The van der Waals surface area contributed by atoms with Crippen molar-refractivity contribution in [1.82, 2.24) is 0 Å². The molecule has 2 atom stereocenters. The first-order chi connectivity index (χ1) is 9.75. The van der Waals surface area contributed by atoms with E-state index >= 15 is 0 Å². The van der Waals surface area contributed by atoms with Gasteiger partial charge in [-0.05, 0) is 42.5 Å². The summed E-state index contributed by atoms with van der Waals surface area (Å²) >= 11 is 8.09. The SMILES string of the molecule is NC1c2ccccc2CCCC1Sc1ccccc1Cl. The maximum atomic E-state index is 6.52. The molecular weight excluding hydrogens is 286 g/mol. The Morgan fingerprint density at radius 1 is 1.05 bits per heavy atom. The summed E-state index contributed by atoms with van der Waals surface area (Å²) in [6, 6.07) is 16.7. The number of hydrogen-bond acceptors (Lipinski definition) is 2. The Bertz CT molecular complexity index is 599. The minimum absolute atomic E-state index is 0.0787. The van der Waals surface area contributed by atoms with Crippen LogP contribution in [0.4, 0.5) is 0 Å². The molecule has 20 heavy (non-hydrogen) atoms. The van der Waals surface area contributed by atoms with E-state index in [1.54, 1.807) is 0 Å². The average Bonchev–Trinajstić information content (AvgIpc) is 2.62. The minimum Gasteiger partial charge on any atom is -0.323 e. The summed E-state index contributed by atoms with van der Waals surface area (Å²) in [6.07, 6.45) is 3.45. The summed E-state index contributed by atoms with van der Waals surface area (Å²) in [4.78, 5) is 1.13. The van der Waals surface area contributed by atoms with Crippen molar-refractivity contribution >= 4 is 23.4 Å². The Hall–Kier alpha value is -0.960. The van der Waals surface area contributed by atoms with Crippen LogP contribution in [-0.2, 0) is 6.42 Å². The number of benzene rings is 2. The molecule has 2 aromatic carbocycles. The third kappa shape index (κ3) is 2.88. The van der Waals surface area contributed by atoms with E-state index in [4.69, 9.17) is 17.3 Å². The highest BCUT2D eigenvalue weighted by Crippen LogP contribution is 2.40. The largest absolute Gasteiger partial charge is 0.323 e. The minimum atomic E-state index is 0.0787. The zero-order valence-electron chi connectivity index (χ0n) is 11.3. The van der Waals surface area contributed by atoms with Crippen LogP contribution >= 0.6 is 23.4 Å². The van der Waals surface area contributed by atoms with Gasteiger partial charge in [-0.25, -0.2) is 0 Å². The van der Waals surface area contributed by atoms with Crippen molar-refractivity contribution in [3.05, 3.63) is 64.7 Å². The molecule has 0 aromatic heterocycles. The maximum absolute atomic E-state index is 6.52. The number of nitrogens with two attached hydrogens (primary N) is 1. The fourth-order valence-corrected chi connectivity index (χ4v) is 4.31. The van der Waals surface area contributed by atoms with Gasteiger partial charge in [-0.3, -0.25) is 0 Å². The van der Waals surface area contributed by atoms with Gasteiger partial charge in [-0.15, -0.1) is 11.8 Å². The van der Waals surface area contributed by atoms with E-state index in [9.17, 15) is 0 Å². The van der Waals surface area contributed by atoms with Crippen molar-refractivity contribution in [3.63, 3.8) is 0 Å². The zero-order chi connectivity index (χ0) is 13.9. The molecule has 0 fully saturated rings. The summed E-state index contributed by atoms with van der Waals surface area (Å²) in [7, 11) is 0. The van der Waals surface area contributed by atoms with Gasteiger partial charge in [-0.1, -0.05) is 48.0 Å². The molecule has 0 amide bonds. The van der Waals surface area contributed by atoms with Gasteiger partial charge in [0.05, 0.1) is 5.02 Å². The molecule has 0 heterocycles. The van der Waals surface area contributed by atoms with E-state index in [0.717, 1.165) is 22.8 Å². The highest BCUT2D eigenvalue weighted by Gasteiger charge is 2.25. The topological polar surface area (TPSA) is 26.0 Å². The Balaban J connectivity index is 1.86. The molecule has 3 heteroatoms. The van der Waals surface area contributed by atoms with Crippen LogP contribution in [0.2, 0.25) is 5.02 Å². The molecule has 1 nitrogen and oxygen atoms in total. The molecule has 1 aliphatic rings. The first-order valence-corrected chi connectivity index (χ1v) is 8.26. The number of aryl methyl sites for hydroxylation is 1. The molecule has 0 bridgehead atoms. The first kappa shape index (κ1) is 14.0. The molecule has 0 spiro atoms. The molecule has 2 unspecified atom stereocenters. The zero-order valence-corrected chi connectivity index (χ0v) is 12.8. The highest BCUT2D eigenvalue weighted by atomic mass is 35.5. The first-order valence-electron chi connectivity index (χ1n) is 7.00. The fraction of sp³-hybridized carbons (Fsp3) is 0.294. The van der Waals surface area contributed by atoms with Gasteiger partial charge in [0.25, 0.3) is 0 Å².